The largest absolute Gasteiger partial charge is 0.465 e. The molecule has 0 saturated heterocycles. The summed E-state index contributed by atoms with van der Waals surface area (Å²) < 4.78 is 0. The molecule has 0 radical (unpaired) electrons. The lowest BCUT2D eigenvalue weighted by molar-refractivity contribution is -0.107. The average molecular weight is 207 g/mol. The van der Waals surface area contributed by atoms with E-state index in [1.165, 1.54) is 0 Å². The van der Waals surface area contributed by atoms with E-state index in [0.717, 1.165) is 17.4 Å². The molecule has 4 heteroatoms. The molecule has 0 fully saturated rings. The lowest BCUT2D eigenvalue weighted by Crippen LogP contribution is -2.24. The molecular weight excluding hydrogens is 194 g/mol. The van der Waals surface area contributed by atoms with Crippen molar-refractivity contribution in [2.75, 3.05) is 0 Å². The second-order valence-corrected chi connectivity index (χ2v) is 3.28. The van der Waals surface area contributed by atoms with Gasteiger partial charge in [0.25, 0.3) is 0 Å². The summed E-state index contributed by atoms with van der Waals surface area (Å²) in [6, 6.07) is 7.04. The van der Waals surface area contributed by atoms with Crippen LogP contribution in [0.1, 0.15) is 24.1 Å². The number of nitrogens with one attached hydrogen (secondary N) is 1. The summed E-state index contributed by atoms with van der Waals surface area (Å²) in [6.07, 6.45) is 0.189. The van der Waals surface area contributed by atoms with Crippen molar-refractivity contribution in [2.45, 2.75) is 19.4 Å². The standard InChI is InChI=1S/C11H13NO3/c1-8(12-11(14)15)10-4-2-9(3-5-10)6-7-13/h2-5,7-8,12H,6H2,1H3,(H,14,15). The first-order valence-corrected chi connectivity index (χ1v) is 4.65. The predicted molar refractivity (Wildman–Crippen MR) is 55.8 cm³/mol. The number of benzene rings is 1. The van der Waals surface area contributed by atoms with Gasteiger partial charge in [0.15, 0.2) is 0 Å². The quantitative estimate of drug-likeness (QED) is 0.739. The van der Waals surface area contributed by atoms with Crippen LogP contribution in [0.3, 0.4) is 0 Å². The summed E-state index contributed by atoms with van der Waals surface area (Å²) in [6.45, 7) is 1.77. The third-order valence-electron chi connectivity index (χ3n) is 2.14. The number of carboxylic acid groups (broad SMARTS) is 1. The van der Waals surface area contributed by atoms with Gasteiger partial charge in [0, 0.05) is 6.42 Å². The second kappa shape index (κ2) is 5.14. The summed E-state index contributed by atoms with van der Waals surface area (Å²) in [5, 5.41) is 10.9. The normalized spacial score (nSPS) is 11.8. The lowest BCUT2D eigenvalue weighted by Gasteiger charge is -2.11. The molecule has 1 aromatic carbocycles. The van der Waals surface area contributed by atoms with E-state index in [-0.39, 0.29) is 6.04 Å². The average Bonchev–Trinajstić information content (AvgIpc) is 2.18. The maximum absolute atomic E-state index is 10.4. The van der Waals surface area contributed by atoms with Crippen LogP contribution >= 0.6 is 0 Å². The van der Waals surface area contributed by atoms with Crippen molar-refractivity contribution < 1.29 is 14.7 Å². The van der Waals surface area contributed by atoms with Crippen molar-refractivity contribution in [3.05, 3.63) is 35.4 Å². The number of hydrogen-bond acceptors (Lipinski definition) is 2. The molecule has 0 spiro atoms. The fourth-order valence-electron chi connectivity index (χ4n) is 1.31. The molecule has 1 atom stereocenters. The number of hydrogen-bond donors (Lipinski definition) is 2. The number of aldehydes is 1. The molecule has 0 aliphatic carbocycles. The highest BCUT2D eigenvalue weighted by atomic mass is 16.4. The first kappa shape index (κ1) is 11.2. The molecule has 0 aliphatic rings. The highest BCUT2D eigenvalue weighted by Crippen LogP contribution is 2.13. The van der Waals surface area contributed by atoms with Crippen molar-refractivity contribution in [1.29, 1.82) is 0 Å². The molecule has 1 aromatic rings. The van der Waals surface area contributed by atoms with E-state index in [1.807, 2.05) is 24.3 Å². The van der Waals surface area contributed by atoms with E-state index in [9.17, 15) is 9.59 Å². The molecule has 0 aromatic heterocycles. The molecule has 1 unspecified atom stereocenters. The van der Waals surface area contributed by atoms with Gasteiger partial charge in [0.1, 0.15) is 6.29 Å². The van der Waals surface area contributed by atoms with Gasteiger partial charge < -0.3 is 15.2 Å². The van der Waals surface area contributed by atoms with Gasteiger partial charge >= 0.3 is 6.09 Å². The van der Waals surface area contributed by atoms with Gasteiger partial charge in [-0.2, -0.15) is 0 Å². The fourth-order valence-corrected chi connectivity index (χ4v) is 1.31. The van der Waals surface area contributed by atoms with Crippen molar-refractivity contribution in [3.63, 3.8) is 0 Å². The molecule has 4 nitrogen and oxygen atoms in total. The van der Waals surface area contributed by atoms with Crippen LogP contribution in [0.25, 0.3) is 0 Å². The third kappa shape index (κ3) is 3.42. The molecule has 0 saturated carbocycles. The maximum atomic E-state index is 10.4. The van der Waals surface area contributed by atoms with E-state index < -0.39 is 6.09 Å². The number of rotatable bonds is 4. The Morgan fingerprint density at radius 1 is 1.47 bits per heavy atom. The Morgan fingerprint density at radius 2 is 2.07 bits per heavy atom. The molecule has 15 heavy (non-hydrogen) atoms. The van der Waals surface area contributed by atoms with Gasteiger partial charge in [0.05, 0.1) is 6.04 Å². The van der Waals surface area contributed by atoms with E-state index in [0.29, 0.717) is 6.42 Å². The highest BCUT2D eigenvalue weighted by Gasteiger charge is 2.07. The van der Waals surface area contributed by atoms with Crippen LogP contribution in [0.2, 0.25) is 0 Å². The zero-order valence-electron chi connectivity index (χ0n) is 8.43. The summed E-state index contributed by atoms with van der Waals surface area (Å²) in [5.41, 5.74) is 1.81. The minimum Gasteiger partial charge on any atom is -0.465 e. The van der Waals surface area contributed by atoms with E-state index >= 15 is 0 Å². The van der Waals surface area contributed by atoms with Gasteiger partial charge in [-0.3, -0.25) is 0 Å². The van der Waals surface area contributed by atoms with Gasteiger partial charge in [-0.05, 0) is 18.1 Å². The van der Waals surface area contributed by atoms with Crippen molar-refractivity contribution in [2.24, 2.45) is 0 Å². The predicted octanol–water partition coefficient (Wildman–Crippen LogP) is 1.76. The smallest absolute Gasteiger partial charge is 0.405 e. The topological polar surface area (TPSA) is 66.4 Å². The second-order valence-electron chi connectivity index (χ2n) is 3.28. The Kier molecular flexibility index (Phi) is 3.85. The van der Waals surface area contributed by atoms with Crippen LogP contribution in [-0.4, -0.2) is 17.5 Å². The first-order valence-electron chi connectivity index (χ1n) is 4.65. The van der Waals surface area contributed by atoms with Gasteiger partial charge in [-0.1, -0.05) is 24.3 Å². The van der Waals surface area contributed by atoms with Crippen LogP contribution in [0.5, 0.6) is 0 Å². The van der Waals surface area contributed by atoms with E-state index in [1.54, 1.807) is 6.92 Å². The third-order valence-corrected chi connectivity index (χ3v) is 2.14. The van der Waals surface area contributed by atoms with Crippen molar-refractivity contribution in [1.82, 2.24) is 5.32 Å². The zero-order valence-corrected chi connectivity index (χ0v) is 8.43. The van der Waals surface area contributed by atoms with E-state index in [4.69, 9.17) is 5.11 Å². The molecule has 80 valence electrons. The van der Waals surface area contributed by atoms with Gasteiger partial charge in [0.2, 0.25) is 0 Å². The molecule has 0 aliphatic heterocycles. The summed E-state index contributed by atoms with van der Waals surface area (Å²) in [4.78, 5) is 20.6. The van der Waals surface area contributed by atoms with Crippen LogP contribution in [0.15, 0.2) is 24.3 Å². The Morgan fingerprint density at radius 3 is 2.53 bits per heavy atom. The monoisotopic (exact) mass is 207 g/mol. The van der Waals surface area contributed by atoms with E-state index in [2.05, 4.69) is 5.32 Å². The molecule has 2 N–H and O–H groups in total. The maximum Gasteiger partial charge on any atom is 0.405 e. The minimum atomic E-state index is -1.04. The van der Waals surface area contributed by atoms with Gasteiger partial charge in [-0.15, -0.1) is 0 Å². The first-order chi connectivity index (χ1) is 7.13. The van der Waals surface area contributed by atoms with Crippen LogP contribution in [0, 0.1) is 0 Å². The number of carbonyl (C=O) groups is 2. The van der Waals surface area contributed by atoms with Crippen molar-refractivity contribution in [3.8, 4) is 0 Å². The van der Waals surface area contributed by atoms with Gasteiger partial charge in [-0.25, -0.2) is 4.79 Å². The van der Waals surface area contributed by atoms with Crippen LogP contribution in [-0.2, 0) is 11.2 Å². The summed E-state index contributed by atoms with van der Waals surface area (Å²) >= 11 is 0. The van der Waals surface area contributed by atoms with Crippen molar-refractivity contribution >= 4 is 12.4 Å². The molecule has 1 amide bonds. The summed E-state index contributed by atoms with van der Waals surface area (Å²) in [7, 11) is 0. The zero-order chi connectivity index (χ0) is 11.3. The Bertz CT molecular complexity index is 345. The number of carbonyl (C=O) groups excluding carboxylic acids is 1. The Hall–Kier alpha value is -1.84. The SMILES string of the molecule is CC(NC(=O)O)c1ccc(CC=O)cc1. The lowest BCUT2D eigenvalue weighted by atomic mass is 10.1. The molecular formula is C11H13NO3. The summed E-state index contributed by atoms with van der Waals surface area (Å²) in [5.74, 6) is 0. The Balaban J connectivity index is 2.70. The molecule has 0 heterocycles. The molecule has 0 bridgehead atoms. The fraction of sp³-hybridized carbons (Fsp3) is 0.273. The highest BCUT2D eigenvalue weighted by molar-refractivity contribution is 5.65. The van der Waals surface area contributed by atoms with Crippen LogP contribution in [0.4, 0.5) is 4.79 Å². The number of amides is 1. The van der Waals surface area contributed by atoms with Crippen LogP contribution < -0.4 is 5.32 Å². The Labute approximate surface area is 87.9 Å². The molecule has 1 rings (SSSR count). The minimum absolute atomic E-state index is 0.243.